The highest BCUT2D eigenvalue weighted by molar-refractivity contribution is 9.10. The molecule has 1 atom stereocenters. The van der Waals surface area contributed by atoms with Gasteiger partial charge in [-0.05, 0) is 31.5 Å². The predicted molar refractivity (Wildman–Crippen MR) is 83.3 cm³/mol. The molecule has 2 aromatic rings. The first-order valence-electron chi connectivity index (χ1n) is 6.32. The third-order valence-electron chi connectivity index (χ3n) is 3.06. The zero-order chi connectivity index (χ0) is 14.7. The first-order valence-corrected chi connectivity index (χ1v) is 7.49. The van der Waals surface area contributed by atoms with Crippen molar-refractivity contribution in [3.8, 4) is 0 Å². The van der Waals surface area contributed by atoms with Gasteiger partial charge in [0.1, 0.15) is 12.2 Å². The Morgan fingerprint density at radius 1 is 1.45 bits per heavy atom. The molecule has 0 aliphatic heterocycles. The lowest BCUT2D eigenvalue weighted by molar-refractivity contribution is 0.468. The van der Waals surface area contributed by atoms with E-state index in [9.17, 15) is 0 Å². The molecular formula is C13H17BrClN5. The van der Waals surface area contributed by atoms with Gasteiger partial charge in [0.05, 0.1) is 6.04 Å². The van der Waals surface area contributed by atoms with Gasteiger partial charge in [-0.1, -0.05) is 33.6 Å². The standard InChI is InChI=1S/C13H17BrClN5/c1-8(2)20-13(17-7-18-20)6-12(19-16)10-4-3-9(14)5-11(10)15/h3-5,7-8,12,19H,6,16H2,1-2H3. The van der Waals surface area contributed by atoms with Crippen LogP contribution >= 0.6 is 27.5 Å². The summed E-state index contributed by atoms with van der Waals surface area (Å²) in [4.78, 5) is 4.30. The zero-order valence-corrected chi connectivity index (χ0v) is 13.7. The second-order valence-electron chi connectivity index (χ2n) is 4.80. The fourth-order valence-corrected chi connectivity index (χ4v) is 2.88. The van der Waals surface area contributed by atoms with Crippen molar-refractivity contribution in [1.29, 1.82) is 0 Å². The Morgan fingerprint density at radius 2 is 2.20 bits per heavy atom. The molecule has 20 heavy (non-hydrogen) atoms. The topological polar surface area (TPSA) is 68.8 Å². The third-order valence-corrected chi connectivity index (χ3v) is 3.88. The number of nitrogens with two attached hydrogens (primary N) is 1. The summed E-state index contributed by atoms with van der Waals surface area (Å²) in [7, 11) is 0. The third kappa shape index (κ3) is 3.38. The molecule has 0 aliphatic carbocycles. The van der Waals surface area contributed by atoms with Gasteiger partial charge in [0.2, 0.25) is 0 Å². The number of hydrogen-bond donors (Lipinski definition) is 2. The van der Waals surface area contributed by atoms with Gasteiger partial charge in [-0.25, -0.2) is 9.67 Å². The minimum atomic E-state index is -0.114. The highest BCUT2D eigenvalue weighted by atomic mass is 79.9. The van der Waals surface area contributed by atoms with Crippen molar-refractivity contribution >= 4 is 27.5 Å². The van der Waals surface area contributed by atoms with Crippen LogP contribution in [0.3, 0.4) is 0 Å². The molecule has 1 unspecified atom stereocenters. The summed E-state index contributed by atoms with van der Waals surface area (Å²) in [5.74, 6) is 6.55. The van der Waals surface area contributed by atoms with E-state index in [0.29, 0.717) is 11.4 Å². The van der Waals surface area contributed by atoms with Crippen LogP contribution in [0, 0.1) is 0 Å². The quantitative estimate of drug-likeness (QED) is 0.637. The molecule has 0 saturated heterocycles. The Kier molecular flexibility index (Phi) is 5.15. The van der Waals surface area contributed by atoms with E-state index in [-0.39, 0.29) is 12.1 Å². The Balaban J connectivity index is 2.27. The molecular weight excluding hydrogens is 342 g/mol. The zero-order valence-electron chi connectivity index (χ0n) is 11.3. The van der Waals surface area contributed by atoms with Crippen LogP contribution in [0.15, 0.2) is 29.0 Å². The van der Waals surface area contributed by atoms with Gasteiger partial charge in [-0.3, -0.25) is 11.3 Å². The molecule has 0 fully saturated rings. The van der Waals surface area contributed by atoms with Crippen LogP contribution < -0.4 is 11.3 Å². The number of rotatable bonds is 5. The van der Waals surface area contributed by atoms with E-state index in [1.165, 1.54) is 0 Å². The highest BCUT2D eigenvalue weighted by Crippen LogP contribution is 2.28. The maximum Gasteiger partial charge on any atom is 0.138 e. The number of nitrogens with zero attached hydrogens (tertiary/aromatic N) is 3. The van der Waals surface area contributed by atoms with E-state index in [0.717, 1.165) is 15.9 Å². The maximum atomic E-state index is 6.28. The molecule has 1 aromatic heterocycles. The van der Waals surface area contributed by atoms with Gasteiger partial charge in [-0.2, -0.15) is 5.10 Å². The van der Waals surface area contributed by atoms with E-state index in [1.807, 2.05) is 22.9 Å². The predicted octanol–water partition coefficient (Wildman–Crippen LogP) is 3.02. The van der Waals surface area contributed by atoms with Crippen molar-refractivity contribution in [2.45, 2.75) is 32.4 Å². The van der Waals surface area contributed by atoms with Crippen LogP contribution in [-0.2, 0) is 6.42 Å². The first kappa shape index (κ1) is 15.4. The summed E-state index contributed by atoms with van der Waals surface area (Å²) in [5.41, 5.74) is 3.74. The van der Waals surface area contributed by atoms with Gasteiger partial charge < -0.3 is 0 Å². The van der Waals surface area contributed by atoms with Crippen LogP contribution in [0.25, 0.3) is 0 Å². The largest absolute Gasteiger partial charge is 0.271 e. The summed E-state index contributed by atoms with van der Waals surface area (Å²) in [6.07, 6.45) is 2.18. The molecule has 108 valence electrons. The van der Waals surface area contributed by atoms with Crippen LogP contribution in [0.5, 0.6) is 0 Å². The van der Waals surface area contributed by atoms with Gasteiger partial charge in [0.25, 0.3) is 0 Å². The molecule has 0 bridgehead atoms. The van der Waals surface area contributed by atoms with Crippen molar-refractivity contribution < 1.29 is 0 Å². The van der Waals surface area contributed by atoms with Gasteiger partial charge in [-0.15, -0.1) is 0 Å². The van der Waals surface area contributed by atoms with Crippen molar-refractivity contribution in [3.05, 3.63) is 45.4 Å². The van der Waals surface area contributed by atoms with Crippen LogP contribution in [-0.4, -0.2) is 14.8 Å². The number of nitrogens with one attached hydrogen (secondary N) is 1. The van der Waals surface area contributed by atoms with Gasteiger partial charge in [0.15, 0.2) is 0 Å². The highest BCUT2D eigenvalue weighted by Gasteiger charge is 2.18. The normalized spacial score (nSPS) is 12.9. The molecule has 0 amide bonds. The average Bonchev–Trinajstić information content (AvgIpc) is 2.85. The lowest BCUT2D eigenvalue weighted by Crippen LogP contribution is -2.31. The summed E-state index contributed by atoms with van der Waals surface area (Å²) in [5, 5.41) is 4.89. The number of hydrazine groups is 1. The van der Waals surface area contributed by atoms with E-state index < -0.39 is 0 Å². The fourth-order valence-electron chi connectivity index (χ4n) is 2.08. The Bertz CT molecular complexity index is 584. The van der Waals surface area contributed by atoms with E-state index in [1.54, 1.807) is 6.33 Å². The molecule has 0 radical (unpaired) electrons. The van der Waals surface area contributed by atoms with Gasteiger partial charge >= 0.3 is 0 Å². The van der Waals surface area contributed by atoms with Gasteiger partial charge in [0, 0.05) is 22.0 Å². The number of hydrogen-bond acceptors (Lipinski definition) is 4. The molecule has 0 spiro atoms. The van der Waals surface area contributed by atoms with Crippen LogP contribution in [0.4, 0.5) is 0 Å². The summed E-state index contributed by atoms with van der Waals surface area (Å²) < 4.78 is 2.82. The molecule has 2 rings (SSSR count). The maximum absolute atomic E-state index is 6.28. The molecule has 0 aliphatic rings. The molecule has 3 N–H and O–H groups in total. The molecule has 1 heterocycles. The SMILES string of the molecule is CC(C)n1ncnc1CC(NN)c1ccc(Br)cc1Cl. The number of benzene rings is 1. The lowest BCUT2D eigenvalue weighted by Gasteiger charge is -2.18. The first-order chi connectivity index (χ1) is 9.52. The molecule has 7 heteroatoms. The average molecular weight is 359 g/mol. The summed E-state index contributed by atoms with van der Waals surface area (Å²) in [6.45, 7) is 4.13. The van der Waals surface area contributed by atoms with Crippen molar-refractivity contribution in [3.63, 3.8) is 0 Å². The lowest BCUT2D eigenvalue weighted by atomic mass is 10.0. The van der Waals surface area contributed by atoms with Crippen LogP contribution in [0.2, 0.25) is 5.02 Å². The molecule has 1 aromatic carbocycles. The molecule has 0 saturated carbocycles. The second kappa shape index (κ2) is 6.67. The number of aromatic nitrogens is 3. The van der Waals surface area contributed by atoms with Crippen molar-refractivity contribution in [1.82, 2.24) is 20.2 Å². The van der Waals surface area contributed by atoms with Crippen molar-refractivity contribution in [2.75, 3.05) is 0 Å². The monoisotopic (exact) mass is 357 g/mol. The fraction of sp³-hybridized carbons (Fsp3) is 0.385. The van der Waals surface area contributed by atoms with Crippen LogP contribution in [0.1, 0.15) is 37.3 Å². The Hall–Kier alpha value is -0.950. The Morgan fingerprint density at radius 3 is 2.80 bits per heavy atom. The minimum absolute atomic E-state index is 0.114. The second-order valence-corrected chi connectivity index (χ2v) is 6.13. The van der Waals surface area contributed by atoms with E-state index in [4.69, 9.17) is 17.4 Å². The summed E-state index contributed by atoms with van der Waals surface area (Å²) >= 11 is 9.67. The minimum Gasteiger partial charge on any atom is -0.271 e. The molecule has 5 nitrogen and oxygen atoms in total. The van der Waals surface area contributed by atoms with Crippen molar-refractivity contribution in [2.24, 2.45) is 5.84 Å². The van der Waals surface area contributed by atoms with E-state index in [2.05, 4.69) is 45.3 Å². The summed E-state index contributed by atoms with van der Waals surface area (Å²) in [6, 6.07) is 5.89. The smallest absolute Gasteiger partial charge is 0.138 e. The number of halogens is 2. The Labute approximate surface area is 131 Å². The van der Waals surface area contributed by atoms with E-state index >= 15 is 0 Å².